The minimum atomic E-state index is -0.152. The first-order chi connectivity index (χ1) is 9.19. The quantitative estimate of drug-likeness (QED) is 0.872. The van der Waals surface area contributed by atoms with E-state index in [1.165, 1.54) is 5.56 Å². The highest BCUT2D eigenvalue weighted by molar-refractivity contribution is 6.00. The number of rotatable bonds is 3. The van der Waals surface area contributed by atoms with E-state index >= 15 is 0 Å². The van der Waals surface area contributed by atoms with Crippen molar-refractivity contribution < 1.29 is 9.53 Å². The van der Waals surface area contributed by atoms with Crippen molar-refractivity contribution in [2.75, 3.05) is 11.9 Å². The van der Waals surface area contributed by atoms with E-state index in [4.69, 9.17) is 10.5 Å². The zero-order valence-corrected chi connectivity index (χ0v) is 11.2. The summed E-state index contributed by atoms with van der Waals surface area (Å²) >= 11 is 0. The van der Waals surface area contributed by atoms with Gasteiger partial charge >= 0.3 is 0 Å². The molecule has 19 heavy (non-hydrogen) atoms. The largest absolute Gasteiger partial charge is 0.376 e. The molecule has 0 bridgehead atoms. The number of nitrogens with two attached hydrogens (primary N) is 1. The van der Waals surface area contributed by atoms with Crippen LogP contribution < -0.4 is 11.1 Å². The van der Waals surface area contributed by atoms with Gasteiger partial charge in [0.2, 0.25) is 5.91 Å². The number of hydrogen-bond acceptors (Lipinski definition) is 3. The molecule has 1 aromatic rings. The Morgan fingerprint density at radius 1 is 1.53 bits per heavy atom. The van der Waals surface area contributed by atoms with Gasteiger partial charge in [0, 0.05) is 12.3 Å². The number of carbonyl (C=O) groups excluding carboxylic acids is 1. The Balaban J connectivity index is 1.99. The van der Waals surface area contributed by atoms with Crippen molar-refractivity contribution in [2.24, 2.45) is 5.73 Å². The third kappa shape index (κ3) is 2.26. The average molecular weight is 260 g/mol. The molecule has 2 aliphatic heterocycles. The Bertz CT molecular complexity index is 507. The Morgan fingerprint density at radius 2 is 2.37 bits per heavy atom. The molecule has 0 aromatic heterocycles. The van der Waals surface area contributed by atoms with Gasteiger partial charge in [-0.25, -0.2) is 0 Å². The SMILES string of the molecule is CCc1cc2c(c(C(N)C3CCCO3)c1)NC(=O)C2. The molecule has 1 aromatic carbocycles. The van der Waals surface area contributed by atoms with Gasteiger partial charge in [-0.15, -0.1) is 0 Å². The fourth-order valence-corrected chi connectivity index (χ4v) is 3.00. The molecule has 102 valence electrons. The molecular formula is C15H20N2O2. The third-order valence-corrected chi connectivity index (χ3v) is 4.06. The lowest BCUT2D eigenvalue weighted by Crippen LogP contribution is -2.26. The molecule has 2 heterocycles. The number of amides is 1. The Hall–Kier alpha value is -1.39. The first-order valence-corrected chi connectivity index (χ1v) is 7.01. The van der Waals surface area contributed by atoms with E-state index in [1.807, 2.05) is 0 Å². The zero-order valence-electron chi connectivity index (χ0n) is 11.2. The smallest absolute Gasteiger partial charge is 0.228 e. The topological polar surface area (TPSA) is 64.3 Å². The van der Waals surface area contributed by atoms with Gasteiger partial charge in [-0.1, -0.05) is 19.1 Å². The van der Waals surface area contributed by atoms with Crippen molar-refractivity contribution in [3.63, 3.8) is 0 Å². The summed E-state index contributed by atoms with van der Waals surface area (Å²) < 4.78 is 5.69. The zero-order chi connectivity index (χ0) is 13.4. The molecule has 3 rings (SSSR count). The monoisotopic (exact) mass is 260 g/mol. The third-order valence-electron chi connectivity index (χ3n) is 4.06. The molecule has 2 aliphatic rings. The van der Waals surface area contributed by atoms with Crippen LogP contribution in [0.2, 0.25) is 0 Å². The molecule has 1 saturated heterocycles. The first-order valence-electron chi connectivity index (χ1n) is 7.01. The second-order valence-corrected chi connectivity index (χ2v) is 5.37. The van der Waals surface area contributed by atoms with Gasteiger partial charge in [-0.2, -0.15) is 0 Å². The minimum Gasteiger partial charge on any atom is -0.376 e. The minimum absolute atomic E-state index is 0.0593. The molecule has 4 nitrogen and oxygen atoms in total. The number of carbonyl (C=O) groups is 1. The van der Waals surface area contributed by atoms with E-state index < -0.39 is 0 Å². The summed E-state index contributed by atoms with van der Waals surface area (Å²) in [4.78, 5) is 11.6. The predicted octanol–water partition coefficient (Wildman–Crippen LogP) is 1.92. The van der Waals surface area contributed by atoms with E-state index in [-0.39, 0.29) is 18.1 Å². The number of benzene rings is 1. The van der Waals surface area contributed by atoms with Crippen molar-refractivity contribution in [3.8, 4) is 0 Å². The van der Waals surface area contributed by atoms with Gasteiger partial charge < -0.3 is 15.8 Å². The predicted molar refractivity (Wildman–Crippen MR) is 74.1 cm³/mol. The summed E-state index contributed by atoms with van der Waals surface area (Å²) in [6.45, 7) is 2.91. The molecule has 2 unspecified atom stereocenters. The number of ether oxygens (including phenoxy) is 1. The van der Waals surface area contributed by atoms with Gasteiger partial charge in [0.15, 0.2) is 0 Å². The van der Waals surface area contributed by atoms with Crippen LogP contribution in [0.25, 0.3) is 0 Å². The molecular weight excluding hydrogens is 240 g/mol. The van der Waals surface area contributed by atoms with Gasteiger partial charge in [-0.3, -0.25) is 4.79 Å². The van der Waals surface area contributed by atoms with Crippen LogP contribution in [-0.4, -0.2) is 18.6 Å². The van der Waals surface area contributed by atoms with Crippen molar-refractivity contribution >= 4 is 11.6 Å². The summed E-state index contributed by atoms with van der Waals surface area (Å²) in [5, 5.41) is 2.95. The maximum Gasteiger partial charge on any atom is 0.228 e. The van der Waals surface area contributed by atoms with Crippen LogP contribution in [0.15, 0.2) is 12.1 Å². The molecule has 0 spiro atoms. The van der Waals surface area contributed by atoms with Crippen molar-refractivity contribution in [3.05, 3.63) is 28.8 Å². The van der Waals surface area contributed by atoms with Crippen LogP contribution in [0.3, 0.4) is 0 Å². The van der Waals surface area contributed by atoms with Crippen molar-refractivity contribution in [1.82, 2.24) is 0 Å². The summed E-state index contributed by atoms with van der Waals surface area (Å²) in [6.07, 6.45) is 3.57. The van der Waals surface area contributed by atoms with Gasteiger partial charge in [0.25, 0.3) is 0 Å². The Morgan fingerprint density at radius 3 is 3.05 bits per heavy atom. The Labute approximate surface area is 113 Å². The van der Waals surface area contributed by atoms with Crippen LogP contribution in [0.5, 0.6) is 0 Å². The summed E-state index contributed by atoms with van der Waals surface area (Å²) in [6, 6.07) is 4.08. The van der Waals surface area contributed by atoms with E-state index in [9.17, 15) is 4.79 Å². The van der Waals surface area contributed by atoms with Crippen molar-refractivity contribution in [2.45, 2.75) is 44.8 Å². The summed E-state index contributed by atoms with van der Waals surface area (Å²) in [7, 11) is 0. The second kappa shape index (κ2) is 4.94. The average Bonchev–Trinajstić information content (AvgIpc) is 3.04. The highest BCUT2D eigenvalue weighted by Gasteiger charge is 2.30. The second-order valence-electron chi connectivity index (χ2n) is 5.37. The maximum atomic E-state index is 11.6. The van der Waals surface area contributed by atoms with Crippen molar-refractivity contribution in [1.29, 1.82) is 0 Å². The van der Waals surface area contributed by atoms with Crippen LogP contribution in [0, 0.1) is 0 Å². The molecule has 0 saturated carbocycles. The van der Waals surface area contributed by atoms with Crippen LogP contribution in [0.4, 0.5) is 5.69 Å². The molecule has 0 radical (unpaired) electrons. The fraction of sp³-hybridized carbons (Fsp3) is 0.533. The molecule has 4 heteroatoms. The van der Waals surface area contributed by atoms with Gasteiger partial charge in [0.05, 0.1) is 18.6 Å². The van der Waals surface area contributed by atoms with Gasteiger partial charge in [-0.05, 0) is 36.0 Å². The lowest BCUT2D eigenvalue weighted by Gasteiger charge is -2.22. The molecule has 3 N–H and O–H groups in total. The maximum absolute atomic E-state index is 11.6. The van der Waals surface area contributed by atoms with E-state index in [1.54, 1.807) is 0 Å². The molecule has 1 amide bonds. The lowest BCUT2D eigenvalue weighted by molar-refractivity contribution is -0.115. The first kappa shape index (κ1) is 12.6. The van der Waals surface area contributed by atoms with E-state index in [0.717, 1.165) is 42.7 Å². The number of anilines is 1. The molecule has 2 atom stereocenters. The number of hydrogen-bond donors (Lipinski definition) is 2. The summed E-state index contributed by atoms with van der Waals surface area (Å²) in [5.41, 5.74) is 10.6. The molecule has 0 aliphatic carbocycles. The summed E-state index contributed by atoms with van der Waals surface area (Å²) in [5.74, 6) is 0.0593. The highest BCUT2D eigenvalue weighted by atomic mass is 16.5. The van der Waals surface area contributed by atoms with E-state index in [0.29, 0.717) is 6.42 Å². The van der Waals surface area contributed by atoms with Gasteiger partial charge in [0.1, 0.15) is 0 Å². The van der Waals surface area contributed by atoms with Crippen LogP contribution in [-0.2, 0) is 22.4 Å². The van der Waals surface area contributed by atoms with E-state index in [2.05, 4.69) is 24.4 Å². The number of aryl methyl sites for hydroxylation is 1. The number of nitrogens with one attached hydrogen (secondary N) is 1. The number of fused-ring (bicyclic) bond motifs is 1. The van der Waals surface area contributed by atoms with Crippen LogP contribution >= 0.6 is 0 Å². The van der Waals surface area contributed by atoms with Crippen LogP contribution in [0.1, 0.15) is 42.5 Å². The Kier molecular flexibility index (Phi) is 3.29. The molecule has 1 fully saturated rings. The fourth-order valence-electron chi connectivity index (χ4n) is 3.00. The normalized spacial score (nSPS) is 23.3. The highest BCUT2D eigenvalue weighted by Crippen LogP contribution is 2.35. The standard InChI is InChI=1S/C15H20N2O2/c1-2-9-6-10-8-13(18)17-15(10)11(7-9)14(16)12-4-3-5-19-12/h6-7,12,14H,2-5,8,16H2,1H3,(H,17,18). The lowest BCUT2D eigenvalue weighted by atomic mass is 9.93.